The van der Waals surface area contributed by atoms with Gasteiger partial charge in [-0.1, -0.05) is 151 Å². The summed E-state index contributed by atoms with van der Waals surface area (Å²) in [6, 6.07) is 0. The summed E-state index contributed by atoms with van der Waals surface area (Å²) < 4.78 is 38.7. The van der Waals surface area contributed by atoms with E-state index in [1.165, 1.54) is 101 Å². The summed E-state index contributed by atoms with van der Waals surface area (Å²) in [6.07, 6.45) is 21.1. The first-order valence-electron chi connectivity index (χ1n) is 21.4. The molecule has 0 saturated heterocycles. The van der Waals surface area contributed by atoms with Crippen LogP contribution in [0, 0.1) is 0 Å². The molecule has 0 spiro atoms. The summed E-state index contributed by atoms with van der Waals surface area (Å²) in [5.74, 6) is 0.429. The standard InChI is InChI=1S/C39H83O7P3S6/c1-12-14-16-18-20-22-24-26-28-38(54-48(51,43-33(3)4)44-34(5)6)30-41-47(50,53-32-37(11)40)42-31-39(29-27-25-23-21-19-17-15-13-2)55-49(52,45-35(7)8)46-36(9)10/h33-40H,12-32H2,1-11H3. The molecule has 0 aromatic heterocycles. The van der Waals surface area contributed by atoms with Crippen LogP contribution in [0.4, 0.5) is 0 Å². The first kappa shape index (κ1) is 57.7. The molecule has 16 heteroatoms. The molecule has 0 heterocycles. The summed E-state index contributed by atoms with van der Waals surface area (Å²) in [6.45, 7) is 23.1. The van der Waals surface area contributed by atoms with Gasteiger partial charge >= 0.3 is 0 Å². The third-order valence-corrected chi connectivity index (χ3v) is 25.0. The van der Waals surface area contributed by atoms with Gasteiger partial charge in [-0.3, -0.25) is 0 Å². The van der Waals surface area contributed by atoms with Gasteiger partial charge in [0.25, 0.3) is 0 Å². The lowest BCUT2D eigenvalue weighted by molar-refractivity contribution is 0.185. The summed E-state index contributed by atoms with van der Waals surface area (Å²) >= 11 is 23.2. The summed E-state index contributed by atoms with van der Waals surface area (Å²) in [5.41, 5.74) is -8.20. The number of unbranched alkanes of at least 4 members (excludes halogenated alkanes) is 14. The van der Waals surface area contributed by atoms with Gasteiger partial charge in [-0.15, -0.1) is 0 Å². The van der Waals surface area contributed by atoms with Crippen LogP contribution in [0.2, 0.25) is 0 Å². The summed E-state index contributed by atoms with van der Waals surface area (Å²) in [4.78, 5) is 0. The van der Waals surface area contributed by atoms with Crippen LogP contribution in [0.25, 0.3) is 0 Å². The van der Waals surface area contributed by atoms with E-state index in [1.807, 2.05) is 55.4 Å². The quantitative estimate of drug-likeness (QED) is 0.0470. The molecule has 0 aromatic rings. The van der Waals surface area contributed by atoms with Crippen molar-refractivity contribution < 1.29 is 32.2 Å². The molecular formula is C39H83O7P3S6. The molecule has 0 aliphatic carbocycles. The maximum absolute atomic E-state index is 10.3. The number of hydrogen-bond acceptors (Lipinski definition) is 13. The number of aliphatic hydroxyl groups is 1. The molecule has 0 aromatic carbocycles. The molecule has 0 rings (SSSR count). The van der Waals surface area contributed by atoms with Gasteiger partial charge in [-0.05, 0) is 111 Å². The van der Waals surface area contributed by atoms with E-state index in [9.17, 15) is 5.11 Å². The normalized spacial score (nSPS) is 15.7. The van der Waals surface area contributed by atoms with E-state index >= 15 is 0 Å². The fraction of sp³-hybridized carbons (Fsp3) is 1.00. The Morgan fingerprint density at radius 1 is 0.455 bits per heavy atom. The average Bonchev–Trinajstić information content (AvgIpc) is 3.05. The van der Waals surface area contributed by atoms with Crippen LogP contribution in [0.15, 0.2) is 0 Å². The van der Waals surface area contributed by atoms with Gasteiger partial charge in [0.2, 0.25) is 17.1 Å². The van der Waals surface area contributed by atoms with Crippen molar-refractivity contribution in [2.75, 3.05) is 19.0 Å². The average molecular weight is 949 g/mol. The lowest BCUT2D eigenvalue weighted by Crippen LogP contribution is -2.17. The van der Waals surface area contributed by atoms with Crippen molar-refractivity contribution in [3.63, 3.8) is 0 Å². The van der Waals surface area contributed by atoms with Crippen LogP contribution in [0.5, 0.6) is 0 Å². The first-order chi connectivity index (χ1) is 25.9. The molecule has 0 radical (unpaired) electrons. The van der Waals surface area contributed by atoms with Gasteiger partial charge in [0.15, 0.2) is 0 Å². The van der Waals surface area contributed by atoms with Gasteiger partial charge in [0.1, 0.15) is 0 Å². The van der Waals surface area contributed by atoms with Crippen LogP contribution in [0.1, 0.15) is 192 Å². The summed E-state index contributed by atoms with van der Waals surface area (Å²) in [7, 11) is 0. The predicted octanol–water partition coefficient (Wildman–Crippen LogP) is 15.8. The Hall–Kier alpha value is 2.72. The Morgan fingerprint density at radius 2 is 0.745 bits per heavy atom. The highest BCUT2D eigenvalue weighted by Crippen LogP contribution is 2.68. The third-order valence-electron chi connectivity index (χ3n) is 7.99. The summed E-state index contributed by atoms with van der Waals surface area (Å²) in [5, 5.41) is 10.4. The highest BCUT2D eigenvalue weighted by atomic mass is 32.9. The maximum Gasteiger partial charge on any atom is 0.248 e. The van der Waals surface area contributed by atoms with Crippen LogP contribution in [-0.4, -0.2) is 65.1 Å². The minimum absolute atomic E-state index is 0.0362. The van der Waals surface area contributed by atoms with Crippen molar-refractivity contribution in [3.05, 3.63) is 0 Å². The van der Waals surface area contributed by atoms with Gasteiger partial charge in [-0.25, -0.2) is 0 Å². The van der Waals surface area contributed by atoms with E-state index in [0.717, 1.165) is 25.7 Å². The molecule has 0 aliphatic heterocycles. The molecule has 3 unspecified atom stereocenters. The molecule has 332 valence electrons. The van der Waals surface area contributed by atoms with Crippen molar-refractivity contribution >= 4 is 86.6 Å². The molecule has 7 nitrogen and oxygen atoms in total. The SMILES string of the molecule is CCCCCCCCCCC(COP(=S)(OCC(CCCCCCCCCC)SP(=S)(OC(C)C)OC(C)C)SCC(C)O)SP(=S)(OC(C)C)OC(C)C. The highest BCUT2D eigenvalue weighted by Gasteiger charge is 2.33. The minimum atomic E-state index is -2.89. The lowest BCUT2D eigenvalue weighted by atomic mass is 10.1. The fourth-order valence-corrected chi connectivity index (χ4v) is 24.0. The second kappa shape index (κ2) is 34.2. The first-order valence-corrected chi connectivity index (χ1v) is 33.9. The van der Waals surface area contributed by atoms with Gasteiger partial charge in [0, 0.05) is 16.3 Å². The Labute approximate surface area is 368 Å². The Balaban J connectivity index is 6.12. The van der Waals surface area contributed by atoms with E-state index in [-0.39, 0.29) is 34.9 Å². The second-order valence-corrected chi connectivity index (χ2v) is 34.8. The van der Waals surface area contributed by atoms with Crippen molar-refractivity contribution in [2.24, 2.45) is 0 Å². The largest absolute Gasteiger partial charge is 0.393 e. The minimum Gasteiger partial charge on any atom is -0.393 e. The van der Waals surface area contributed by atoms with E-state index in [1.54, 1.807) is 29.7 Å². The molecular weight excluding hydrogens is 866 g/mol. The number of rotatable bonds is 39. The van der Waals surface area contributed by atoms with Crippen LogP contribution < -0.4 is 0 Å². The van der Waals surface area contributed by atoms with Crippen molar-refractivity contribution in [2.45, 2.75) is 233 Å². The molecule has 0 amide bonds. The van der Waals surface area contributed by atoms with Crippen LogP contribution >= 0.6 is 51.2 Å². The van der Waals surface area contributed by atoms with Crippen molar-refractivity contribution in [1.29, 1.82) is 0 Å². The van der Waals surface area contributed by atoms with E-state index < -0.39 is 23.2 Å². The molecule has 55 heavy (non-hydrogen) atoms. The predicted molar refractivity (Wildman–Crippen MR) is 261 cm³/mol. The van der Waals surface area contributed by atoms with Crippen LogP contribution in [-0.2, 0) is 62.6 Å². The number of aliphatic hydroxyl groups excluding tert-OH is 1. The maximum atomic E-state index is 10.3. The third kappa shape index (κ3) is 34.0. The number of hydrogen-bond donors (Lipinski definition) is 1. The fourth-order valence-electron chi connectivity index (χ4n) is 5.55. The highest BCUT2D eigenvalue weighted by molar-refractivity contribution is 8.69. The van der Waals surface area contributed by atoms with E-state index in [4.69, 9.17) is 62.6 Å². The second-order valence-electron chi connectivity index (χ2n) is 15.7. The van der Waals surface area contributed by atoms with Crippen molar-refractivity contribution in [3.8, 4) is 0 Å². The van der Waals surface area contributed by atoms with Crippen molar-refractivity contribution in [1.82, 2.24) is 0 Å². The monoisotopic (exact) mass is 948 g/mol. The van der Waals surface area contributed by atoms with Gasteiger partial charge in [0.05, 0.1) is 43.7 Å². The zero-order valence-electron chi connectivity index (χ0n) is 36.6. The molecule has 0 fully saturated rings. The lowest BCUT2D eigenvalue weighted by Gasteiger charge is -2.32. The topological polar surface area (TPSA) is 75.6 Å². The molecule has 0 bridgehead atoms. The smallest absolute Gasteiger partial charge is 0.248 e. The molecule has 0 aliphatic rings. The van der Waals surface area contributed by atoms with E-state index in [2.05, 4.69) is 13.8 Å². The van der Waals surface area contributed by atoms with Crippen LogP contribution in [0.3, 0.4) is 0 Å². The Morgan fingerprint density at radius 3 is 1.02 bits per heavy atom. The zero-order chi connectivity index (χ0) is 41.8. The molecule has 0 saturated carbocycles. The Bertz CT molecular complexity index is 971. The molecule has 3 atom stereocenters. The zero-order valence-corrected chi connectivity index (χ0v) is 44.2. The molecule has 1 N–H and O–H groups in total. The van der Waals surface area contributed by atoms with Gasteiger partial charge in [-0.2, -0.15) is 0 Å². The Kier molecular flexibility index (Phi) is 35.9. The van der Waals surface area contributed by atoms with E-state index in [0.29, 0.717) is 19.0 Å². The van der Waals surface area contributed by atoms with Gasteiger partial charge < -0.3 is 32.2 Å².